The fourth-order valence-electron chi connectivity index (χ4n) is 2.42. The summed E-state index contributed by atoms with van der Waals surface area (Å²) in [5.74, 6) is -0.140. The van der Waals surface area contributed by atoms with Crippen LogP contribution in [0.5, 0.6) is 0 Å². The van der Waals surface area contributed by atoms with Crippen LogP contribution in [-0.4, -0.2) is 11.8 Å². The first-order chi connectivity index (χ1) is 10.4. The lowest BCUT2D eigenvalue weighted by molar-refractivity contribution is -0.124. The molecule has 1 atom stereocenters. The van der Waals surface area contributed by atoms with Gasteiger partial charge in [-0.25, -0.2) is 0 Å². The van der Waals surface area contributed by atoms with E-state index in [4.69, 9.17) is 0 Å². The molecule has 0 spiro atoms. The summed E-state index contributed by atoms with van der Waals surface area (Å²) >= 11 is 0. The minimum Gasteiger partial charge on any atom is -0.349 e. The number of fused-ring (bicyclic) bond motifs is 1. The Hall–Kier alpha value is -2.10. The number of carbonyl (C=O) groups is 2. The molecule has 2 amide bonds. The summed E-state index contributed by atoms with van der Waals surface area (Å²) in [7, 11) is 0. The van der Waals surface area contributed by atoms with Crippen LogP contribution in [0, 0.1) is 11.8 Å². The topological polar surface area (TPSA) is 58.2 Å². The second-order valence-electron chi connectivity index (χ2n) is 6.31. The van der Waals surface area contributed by atoms with Crippen molar-refractivity contribution in [2.45, 2.75) is 40.2 Å². The molecule has 1 aliphatic carbocycles. The van der Waals surface area contributed by atoms with Gasteiger partial charge in [-0.2, -0.15) is 0 Å². The summed E-state index contributed by atoms with van der Waals surface area (Å²) in [5, 5.41) is 6.05. The van der Waals surface area contributed by atoms with Crippen LogP contribution in [-0.2, 0) is 9.59 Å². The van der Waals surface area contributed by atoms with Crippen LogP contribution >= 0.6 is 0 Å². The van der Waals surface area contributed by atoms with Gasteiger partial charge in [0.25, 0.3) is 0 Å². The fraction of sp³-hybridized carbons (Fsp3) is 0.444. The quantitative estimate of drug-likeness (QED) is 0.894. The summed E-state index contributed by atoms with van der Waals surface area (Å²) in [5.41, 5.74) is 2.82. The van der Waals surface area contributed by atoms with E-state index in [0.29, 0.717) is 0 Å². The van der Waals surface area contributed by atoms with Gasteiger partial charge in [-0.05, 0) is 18.1 Å². The molecule has 4 heteroatoms. The standard InChI is InChI=1S/C18H24N2O2/c1-11(2)17(21)19-14-9-5-7-13-8-6-10-15(16(13)14)20-18(22)12(3)4/h5-9,11-12,15H,10H2,1-4H3,(H,19,21)(H,20,22). The van der Waals surface area contributed by atoms with Crippen molar-refractivity contribution in [3.63, 3.8) is 0 Å². The van der Waals surface area contributed by atoms with Gasteiger partial charge in [0.2, 0.25) is 11.8 Å². The third-order valence-electron chi connectivity index (χ3n) is 3.78. The molecule has 0 bridgehead atoms. The molecule has 1 aromatic rings. The number of amides is 2. The van der Waals surface area contributed by atoms with Gasteiger partial charge in [0.15, 0.2) is 0 Å². The second kappa shape index (κ2) is 6.77. The molecule has 1 aromatic carbocycles. The van der Waals surface area contributed by atoms with Crippen LogP contribution in [0.3, 0.4) is 0 Å². The maximum Gasteiger partial charge on any atom is 0.226 e. The lowest BCUT2D eigenvalue weighted by Gasteiger charge is -2.27. The van der Waals surface area contributed by atoms with Crippen molar-refractivity contribution >= 4 is 23.6 Å². The summed E-state index contributed by atoms with van der Waals surface area (Å²) in [6.45, 7) is 7.48. The molecule has 0 saturated carbocycles. The van der Waals surface area contributed by atoms with Gasteiger partial charge in [-0.3, -0.25) is 9.59 Å². The first-order valence-corrected chi connectivity index (χ1v) is 7.80. The Bertz CT molecular complexity index is 603. The van der Waals surface area contributed by atoms with Crippen molar-refractivity contribution in [3.8, 4) is 0 Å². The number of rotatable bonds is 4. The summed E-state index contributed by atoms with van der Waals surface area (Å²) in [6, 6.07) is 5.72. The van der Waals surface area contributed by atoms with Crippen LogP contribution < -0.4 is 10.6 Å². The molecule has 2 N–H and O–H groups in total. The van der Waals surface area contributed by atoms with Gasteiger partial charge >= 0.3 is 0 Å². The minimum absolute atomic E-state index is 0.0168. The van der Waals surface area contributed by atoms with E-state index in [9.17, 15) is 9.59 Å². The lowest BCUT2D eigenvalue weighted by Crippen LogP contribution is -2.33. The summed E-state index contributed by atoms with van der Waals surface area (Å²) in [4.78, 5) is 24.1. The van der Waals surface area contributed by atoms with E-state index >= 15 is 0 Å². The molecule has 1 unspecified atom stereocenters. The average Bonchev–Trinajstić information content (AvgIpc) is 2.47. The third-order valence-corrected chi connectivity index (χ3v) is 3.78. The van der Waals surface area contributed by atoms with E-state index in [2.05, 4.69) is 16.7 Å². The molecule has 2 rings (SSSR count). The van der Waals surface area contributed by atoms with E-state index < -0.39 is 0 Å². The third kappa shape index (κ3) is 3.56. The number of carbonyl (C=O) groups excluding carboxylic acids is 2. The Kier molecular flexibility index (Phi) is 5.01. The van der Waals surface area contributed by atoms with Gasteiger partial charge in [0, 0.05) is 23.1 Å². The van der Waals surface area contributed by atoms with E-state index in [-0.39, 0.29) is 29.7 Å². The molecule has 4 nitrogen and oxygen atoms in total. The molecule has 0 fully saturated rings. The largest absolute Gasteiger partial charge is 0.349 e. The van der Waals surface area contributed by atoms with Gasteiger partial charge in [-0.15, -0.1) is 0 Å². The fourth-order valence-corrected chi connectivity index (χ4v) is 2.42. The van der Waals surface area contributed by atoms with Gasteiger partial charge in [0.05, 0.1) is 6.04 Å². The predicted molar refractivity (Wildman–Crippen MR) is 89.3 cm³/mol. The molecule has 118 valence electrons. The highest BCUT2D eigenvalue weighted by molar-refractivity contribution is 5.94. The van der Waals surface area contributed by atoms with Crippen molar-refractivity contribution in [3.05, 3.63) is 35.4 Å². The average molecular weight is 300 g/mol. The van der Waals surface area contributed by atoms with Crippen molar-refractivity contribution in [1.82, 2.24) is 5.32 Å². The van der Waals surface area contributed by atoms with Crippen molar-refractivity contribution in [2.75, 3.05) is 5.32 Å². The monoisotopic (exact) mass is 300 g/mol. The Balaban J connectivity index is 2.33. The molecule has 0 radical (unpaired) electrons. The van der Waals surface area contributed by atoms with Gasteiger partial charge in [0.1, 0.15) is 0 Å². The van der Waals surface area contributed by atoms with Crippen LogP contribution in [0.1, 0.15) is 51.3 Å². The van der Waals surface area contributed by atoms with Crippen molar-refractivity contribution in [2.24, 2.45) is 11.8 Å². The summed E-state index contributed by atoms with van der Waals surface area (Å²) in [6.07, 6.45) is 4.83. The Labute approximate surface area is 132 Å². The van der Waals surface area contributed by atoms with E-state index in [0.717, 1.165) is 23.2 Å². The van der Waals surface area contributed by atoms with Crippen LogP contribution in [0.2, 0.25) is 0 Å². The predicted octanol–water partition coefficient (Wildman–Crippen LogP) is 3.51. The summed E-state index contributed by atoms with van der Waals surface area (Å²) < 4.78 is 0. The van der Waals surface area contributed by atoms with E-state index in [1.54, 1.807) is 0 Å². The van der Waals surface area contributed by atoms with Crippen molar-refractivity contribution in [1.29, 1.82) is 0 Å². The van der Waals surface area contributed by atoms with E-state index in [1.807, 2.05) is 52.0 Å². The zero-order valence-corrected chi connectivity index (χ0v) is 13.6. The first-order valence-electron chi connectivity index (χ1n) is 7.80. The highest BCUT2D eigenvalue weighted by Gasteiger charge is 2.24. The Morgan fingerprint density at radius 1 is 1.09 bits per heavy atom. The number of benzene rings is 1. The second-order valence-corrected chi connectivity index (χ2v) is 6.31. The molecule has 0 saturated heterocycles. The molecule has 0 heterocycles. The Morgan fingerprint density at radius 3 is 2.41 bits per heavy atom. The number of hydrogen-bond acceptors (Lipinski definition) is 2. The molecule has 22 heavy (non-hydrogen) atoms. The van der Waals surface area contributed by atoms with Crippen LogP contribution in [0.25, 0.3) is 6.08 Å². The van der Waals surface area contributed by atoms with E-state index in [1.165, 1.54) is 0 Å². The smallest absolute Gasteiger partial charge is 0.226 e. The van der Waals surface area contributed by atoms with Crippen LogP contribution in [0.15, 0.2) is 24.3 Å². The zero-order valence-electron chi connectivity index (χ0n) is 13.6. The molecule has 1 aliphatic rings. The van der Waals surface area contributed by atoms with Crippen LogP contribution in [0.4, 0.5) is 5.69 Å². The SMILES string of the molecule is CC(C)C(=O)Nc1cccc2c1C(NC(=O)C(C)C)CC=C2. The normalized spacial score (nSPS) is 16.5. The maximum absolute atomic E-state index is 12.0. The lowest BCUT2D eigenvalue weighted by atomic mass is 9.90. The molecular formula is C18H24N2O2. The number of hydrogen-bond donors (Lipinski definition) is 2. The molecule has 0 aromatic heterocycles. The Morgan fingerprint density at radius 2 is 1.77 bits per heavy atom. The highest BCUT2D eigenvalue weighted by Crippen LogP contribution is 2.34. The first kappa shape index (κ1) is 16.3. The zero-order chi connectivity index (χ0) is 16.3. The van der Waals surface area contributed by atoms with Gasteiger partial charge < -0.3 is 10.6 Å². The highest BCUT2D eigenvalue weighted by atomic mass is 16.2. The number of nitrogens with one attached hydrogen (secondary N) is 2. The number of anilines is 1. The minimum atomic E-state index is -0.0986. The molecular weight excluding hydrogens is 276 g/mol. The van der Waals surface area contributed by atoms with Crippen molar-refractivity contribution < 1.29 is 9.59 Å². The maximum atomic E-state index is 12.0. The van der Waals surface area contributed by atoms with Gasteiger partial charge in [-0.1, -0.05) is 52.0 Å². The molecule has 0 aliphatic heterocycles.